The molecule has 0 unspecified atom stereocenters. The summed E-state index contributed by atoms with van der Waals surface area (Å²) in [4.78, 5) is 36.4. The van der Waals surface area contributed by atoms with Crippen LogP contribution in [0, 0.1) is 0 Å². The molecule has 9 nitrogen and oxygen atoms in total. The molecule has 1 aliphatic heterocycles. The van der Waals surface area contributed by atoms with Crippen LogP contribution in [0.1, 0.15) is 21.1 Å². The van der Waals surface area contributed by atoms with Crippen molar-refractivity contribution in [1.82, 2.24) is 25.2 Å². The fraction of sp³-hybridized carbons (Fsp3) is 0.429. The van der Waals surface area contributed by atoms with E-state index in [0.717, 1.165) is 0 Å². The van der Waals surface area contributed by atoms with Crippen LogP contribution in [-0.4, -0.2) is 75.2 Å². The number of rotatable bonds is 4. The molecule has 1 saturated heterocycles. The number of carbonyl (C=O) groups is 2. The van der Waals surface area contributed by atoms with Crippen LogP contribution in [0.3, 0.4) is 0 Å². The van der Waals surface area contributed by atoms with E-state index in [-0.39, 0.29) is 37.3 Å². The van der Waals surface area contributed by atoms with Crippen LogP contribution in [0.2, 0.25) is 0 Å². The third-order valence-corrected chi connectivity index (χ3v) is 4.18. The van der Waals surface area contributed by atoms with Gasteiger partial charge in [0.1, 0.15) is 11.3 Å². The van der Waals surface area contributed by atoms with Gasteiger partial charge >= 0.3 is 0 Å². The third-order valence-electron chi connectivity index (χ3n) is 3.59. The molecule has 2 amide bonds. The van der Waals surface area contributed by atoms with Gasteiger partial charge in [0, 0.05) is 24.3 Å². The number of thiazole rings is 1. The smallest absolute Gasteiger partial charge is 0.289 e. The molecular formula is C14H17N5O4S. The summed E-state index contributed by atoms with van der Waals surface area (Å²) in [7, 11) is 0. The Hall–Kier alpha value is -2.30. The summed E-state index contributed by atoms with van der Waals surface area (Å²) >= 11 is 1.31. The number of imidazole rings is 1. The summed E-state index contributed by atoms with van der Waals surface area (Å²) in [5.41, 5.74) is 0.466. The minimum atomic E-state index is -1.38. The number of aromatic nitrogens is 3. The van der Waals surface area contributed by atoms with Crippen molar-refractivity contribution in [2.75, 3.05) is 32.8 Å². The predicted molar refractivity (Wildman–Crippen MR) is 84.7 cm³/mol. The molecule has 1 atom stereocenters. The maximum absolute atomic E-state index is 12.4. The van der Waals surface area contributed by atoms with E-state index in [1.54, 1.807) is 17.1 Å². The Balaban J connectivity index is 1.64. The average Bonchev–Trinajstić information content (AvgIpc) is 3.25. The largest absolute Gasteiger partial charge is 0.384 e. The number of β-amino-alcohol motifs (C(OH)–C–C–N with tert-alkyl or cyclic N) is 1. The van der Waals surface area contributed by atoms with Gasteiger partial charge in [0.25, 0.3) is 11.8 Å². The monoisotopic (exact) mass is 351 g/mol. The number of hydrogen-bond donors (Lipinski definition) is 3. The lowest BCUT2D eigenvalue weighted by Gasteiger charge is -2.30. The SMILES string of the molecule is O=C(NC[C@@]1(O)COCCN(C(=O)c2ncc[nH]2)C1)c1cscn1. The zero-order valence-electron chi connectivity index (χ0n) is 12.8. The fourth-order valence-electron chi connectivity index (χ4n) is 2.39. The summed E-state index contributed by atoms with van der Waals surface area (Å²) in [5.74, 6) is -0.502. The van der Waals surface area contributed by atoms with Gasteiger partial charge in [-0.05, 0) is 0 Å². The summed E-state index contributed by atoms with van der Waals surface area (Å²) < 4.78 is 5.39. The summed E-state index contributed by atoms with van der Waals surface area (Å²) in [6.07, 6.45) is 3.05. The van der Waals surface area contributed by atoms with E-state index in [0.29, 0.717) is 18.8 Å². The van der Waals surface area contributed by atoms with Gasteiger partial charge in [0.05, 0.1) is 31.8 Å². The predicted octanol–water partition coefficient (Wildman–Crippen LogP) is -0.500. The number of carbonyl (C=O) groups excluding carboxylic acids is 2. The highest BCUT2D eigenvalue weighted by molar-refractivity contribution is 7.07. The van der Waals surface area contributed by atoms with Gasteiger partial charge in [0.15, 0.2) is 5.82 Å². The van der Waals surface area contributed by atoms with Crippen LogP contribution in [0.5, 0.6) is 0 Å². The molecule has 1 aliphatic rings. The van der Waals surface area contributed by atoms with Crippen molar-refractivity contribution in [2.24, 2.45) is 0 Å². The molecule has 0 aromatic carbocycles. The number of H-pyrrole nitrogens is 1. The third kappa shape index (κ3) is 3.78. The Morgan fingerprint density at radius 2 is 2.38 bits per heavy atom. The first-order valence-corrected chi connectivity index (χ1v) is 8.27. The van der Waals surface area contributed by atoms with Crippen molar-refractivity contribution < 1.29 is 19.4 Å². The van der Waals surface area contributed by atoms with Gasteiger partial charge in [-0.25, -0.2) is 9.97 Å². The van der Waals surface area contributed by atoms with Gasteiger partial charge in [-0.1, -0.05) is 0 Å². The molecule has 1 fully saturated rings. The highest BCUT2D eigenvalue weighted by Gasteiger charge is 2.35. The van der Waals surface area contributed by atoms with E-state index < -0.39 is 5.60 Å². The zero-order chi connectivity index (χ0) is 17.0. The average molecular weight is 351 g/mol. The van der Waals surface area contributed by atoms with Crippen LogP contribution < -0.4 is 5.32 Å². The van der Waals surface area contributed by atoms with Crippen LogP contribution >= 0.6 is 11.3 Å². The molecule has 2 aromatic heterocycles. The maximum Gasteiger partial charge on any atom is 0.289 e. The lowest BCUT2D eigenvalue weighted by molar-refractivity contribution is -0.0325. The van der Waals surface area contributed by atoms with E-state index >= 15 is 0 Å². The minimum Gasteiger partial charge on any atom is -0.384 e. The maximum atomic E-state index is 12.4. The van der Waals surface area contributed by atoms with E-state index in [2.05, 4.69) is 20.3 Å². The first-order valence-electron chi connectivity index (χ1n) is 7.33. The second kappa shape index (κ2) is 7.07. The molecule has 128 valence electrons. The number of ether oxygens (including phenoxy) is 1. The molecule has 10 heteroatoms. The fourth-order valence-corrected chi connectivity index (χ4v) is 2.92. The number of hydrogen-bond acceptors (Lipinski definition) is 7. The first-order chi connectivity index (χ1) is 11.6. The van der Waals surface area contributed by atoms with Gasteiger partial charge in [0.2, 0.25) is 0 Å². The van der Waals surface area contributed by atoms with E-state index in [1.165, 1.54) is 22.4 Å². The Kier molecular flexibility index (Phi) is 4.88. The molecule has 0 saturated carbocycles. The molecule has 3 rings (SSSR count). The Labute approximate surface area is 141 Å². The Morgan fingerprint density at radius 1 is 1.50 bits per heavy atom. The van der Waals surface area contributed by atoms with Crippen molar-refractivity contribution in [2.45, 2.75) is 5.60 Å². The minimum absolute atomic E-state index is 0.0201. The van der Waals surface area contributed by atoms with Crippen LogP contribution in [-0.2, 0) is 4.74 Å². The highest BCUT2D eigenvalue weighted by atomic mass is 32.1. The lowest BCUT2D eigenvalue weighted by atomic mass is 10.0. The van der Waals surface area contributed by atoms with Crippen LogP contribution in [0.25, 0.3) is 0 Å². The quantitative estimate of drug-likeness (QED) is 0.683. The summed E-state index contributed by atoms with van der Waals surface area (Å²) in [6.45, 7) is 0.637. The number of aromatic amines is 1. The Morgan fingerprint density at radius 3 is 3.08 bits per heavy atom. The standard InChI is InChI=1S/C14H17N5O4S/c20-12(10-5-24-9-18-10)17-6-14(22)7-19(3-4-23-8-14)13(21)11-15-1-2-16-11/h1-2,5,9,22H,3-4,6-8H2,(H,15,16)(H,17,20)/t14-/m0/s1. The molecule has 2 aromatic rings. The second-order valence-corrected chi connectivity index (χ2v) is 6.22. The summed E-state index contributed by atoms with van der Waals surface area (Å²) in [5, 5.41) is 15.0. The van der Waals surface area contributed by atoms with Crippen molar-refractivity contribution in [3.05, 3.63) is 34.8 Å². The molecule has 3 N–H and O–H groups in total. The lowest BCUT2D eigenvalue weighted by Crippen LogP contribution is -2.53. The van der Waals surface area contributed by atoms with Crippen molar-refractivity contribution in [3.8, 4) is 0 Å². The molecular weight excluding hydrogens is 334 g/mol. The van der Waals surface area contributed by atoms with E-state index in [4.69, 9.17) is 4.74 Å². The van der Waals surface area contributed by atoms with Crippen LogP contribution in [0.15, 0.2) is 23.3 Å². The van der Waals surface area contributed by atoms with E-state index in [9.17, 15) is 14.7 Å². The zero-order valence-corrected chi connectivity index (χ0v) is 13.6. The summed E-state index contributed by atoms with van der Waals surface area (Å²) in [6, 6.07) is 0. The molecule has 24 heavy (non-hydrogen) atoms. The van der Waals surface area contributed by atoms with Crippen molar-refractivity contribution >= 4 is 23.2 Å². The highest BCUT2D eigenvalue weighted by Crippen LogP contribution is 2.14. The number of amides is 2. The number of nitrogens with one attached hydrogen (secondary N) is 2. The molecule has 0 radical (unpaired) electrons. The normalized spacial score (nSPS) is 21.3. The van der Waals surface area contributed by atoms with Gasteiger partial charge in [-0.15, -0.1) is 11.3 Å². The number of aliphatic hydroxyl groups is 1. The molecule has 0 bridgehead atoms. The van der Waals surface area contributed by atoms with Crippen LogP contribution in [0.4, 0.5) is 0 Å². The number of nitrogens with zero attached hydrogens (tertiary/aromatic N) is 3. The molecule has 0 aliphatic carbocycles. The molecule has 0 spiro atoms. The van der Waals surface area contributed by atoms with Crippen molar-refractivity contribution in [1.29, 1.82) is 0 Å². The topological polar surface area (TPSA) is 120 Å². The molecule has 3 heterocycles. The van der Waals surface area contributed by atoms with Gasteiger partial charge in [-0.2, -0.15) is 0 Å². The van der Waals surface area contributed by atoms with Crippen molar-refractivity contribution in [3.63, 3.8) is 0 Å². The van der Waals surface area contributed by atoms with Gasteiger partial charge < -0.3 is 25.0 Å². The van der Waals surface area contributed by atoms with Gasteiger partial charge in [-0.3, -0.25) is 9.59 Å². The Bertz CT molecular complexity index is 690. The second-order valence-electron chi connectivity index (χ2n) is 5.50. The first kappa shape index (κ1) is 16.6. The van der Waals surface area contributed by atoms with E-state index in [1.807, 2.05) is 0 Å².